The molecule has 0 bridgehead atoms. The zero-order valence-corrected chi connectivity index (χ0v) is 11.2. The van der Waals surface area contributed by atoms with Crippen LogP contribution in [-0.2, 0) is 6.54 Å². The van der Waals surface area contributed by atoms with E-state index in [1.54, 1.807) is 12.1 Å². The van der Waals surface area contributed by atoms with Crippen LogP contribution in [0.1, 0.15) is 18.1 Å². The molecule has 0 aliphatic carbocycles. The first-order valence-corrected chi connectivity index (χ1v) is 6.40. The molecule has 102 valence electrons. The molecule has 0 saturated carbocycles. The average molecular weight is 270 g/mol. The van der Waals surface area contributed by atoms with Crippen molar-refractivity contribution in [2.75, 3.05) is 6.54 Å². The fourth-order valence-corrected chi connectivity index (χ4v) is 1.76. The molecule has 2 rings (SSSR count). The Kier molecular flexibility index (Phi) is 4.70. The highest BCUT2D eigenvalue weighted by Crippen LogP contribution is 2.26. The zero-order chi connectivity index (χ0) is 14.4. The van der Waals surface area contributed by atoms with E-state index in [0.29, 0.717) is 23.6 Å². The summed E-state index contributed by atoms with van der Waals surface area (Å²) in [5.74, 6) is 0.653. The molecule has 0 atom stereocenters. The fraction of sp³-hybridized carbons (Fsp3) is 0.188. The summed E-state index contributed by atoms with van der Waals surface area (Å²) in [5, 5.41) is 12.4. The topological polar surface area (TPSA) is 45.0 Å². The first kappa shape index (κ1) is 14.0. The summed E-state index contributed by atoms with van der Waals surface area (Å²) in [4.78, 5) is 0. The number of nitrogens with one attached hydrogen (secondary N) is 1. The van der Waals surface area contributed by atoms with Gasteiger partial charge in [-0.15, -0.1) is 0 Å². The van der Waals surface area contributed by atoms with E-state index < -0.39 is 0 Å². The highest BCUT2D eigenvalue weighted by atomic mass is 19.1. The molecule has 2 aromatic carbocycles. The molecule has 0 radical (unpaired) electrons. The Morgan fingerprint density at radius 3 is 2.60 bits per heavy atom. The van der Waals surface area contributed by atoms with E-state index in [-0.39, 0.29) is 5.82 Å². The lowest BCUT2D eigenvalue weighted by molar-refractivity contribution is 0.478. The van der Waals surface area contributed by atoms with Gasteiger partial charge in [-0.1, -0.05) is 13.0 Å². The van der Waals surface area contributed by atoms with Crippen LogP contribution in [0.3, 0.4) is 0 Å². The first-order valence-electron chi connectivity index (χ1n) is 6.40. The third-order valence-electron chi connectivity index (χ3n) is 2.78. The van der Waals surface area contributed by atoms with Gasteiger partial charge in [0, 0.05) is 6.54 Å². The van der Waals surface area contributed by atoms with Gasteiger partial charge in [0.25, 0.3) is 0 Å². The van der Waals surface area contributed by atoms with E-state index in [2.05, 4.69) is 11.4 Å². The largest absolute Gasteiger partial charge is 0.456 e. The predicted molar refractivity (Wildman–Crippen MR) is 75.0 cm³/mol. The maximum atomic E-state index is 12.8. The van der Waals surface area contributed by atoms with E-state index >= 15 is 0 Å². The number of ether oxygens (including phenoxy) is 1. The van der Waals surface area contributed by atoms with Crippen molar-refractivity contribution in [3.05, 3.63) is 59.4 Å². The number of benzene rings is 2. The van der Waals surface area contributed by atoms with Crippen molar-refractivity contribution in [3.63, 3.8) is 0 Å². The lowest BCUT2D eigenvalue weighted by Crippen LogP contribution is -2.11. The molecule has 0 aliphatic rings. The highest BCUT2D eigenvalue weighted by molar-refractivity contribution is 5.47. The Morgan fingerprint density at radius 1 is 1.20 bits per heavy atom. The minimum atomic E-state index is -0.321. The van der Waals surface area contributed by atoms with Crippen LogP contribution < -0.4 is 10.1 Å². The minimum absolute atomic E-state index is 0.321. The third kappa shape index (κ3) is 3.56. The van der Waals surface area contributed by atoms with Crippen LogP contribution in [-0.4, -0.2) is 6.54 Å². The summed E-state index contributed by atoms with van der Waals surface area (Å²) < 4.78 is 18.4. The quantitative estimate of drug-likeness (QED) is 0.902. The number of nitrogens with zero attached hydrogens (tertiary/aromatic N) is 1. The molecule has 0 heterocycles. The summed E-state index contributed by atoms with van der Waals surface area (Å²) in [6, 6.07) is 13.3. The van der Waals surface area contributed by atoms with Gasteiger partial charge < -0.3 is 10.1 Å². The van der Waals surface area contributed by atoms with E-state index in [0.717, 1.165) is 12.1 Å². The molecule has 3 nitrogen and oxygen atoms in total. The van der Waals surface area contributed by atoms with Crippen molar-refractivity contribution in [1.29, 1.82) is 5.26 Å². The summed E-state index contributed by atoms with van der Waals surface area (Å²) in [7, 11) is 0. The van der Waals surface area contributed by atoms with Gasteiger partial charge in [-0.2, -0.15) is 5.26 Å². The molecule has 0 fully saturated rings. The Balaban J connectivity index is 2.19. The Morgan fingerprint density at radius 2 is 1.95 bits per heavy atom. The van der Waals surface area contributed by atoms with E-state index in [9.17, 15) is 9.65 Å². The number of nitriles is 1. The molecular weight excluding hydrogens is 255 g/mol. The number of hydrogen-bond donors (Lipinski definition) is 1. The molecule has 2 aromatic rings. The standard InChI is InChI=1S/C16H15FN2O/c1-2-19-11-12-3-8-16(13(9-12)10-18)20-15-6-4-14(17)5-7-15/h3-9,19H,2,11H2,1H3. The van der Waals surface area contributed by atoms with E-state index in [1.807, 2.05) is 13.0 Å². The second kappa shape index (κ2) is 6.69. The lowest BCUT2D eigenvalue weighted by Gasteiger charge is -2.09. The average Bonchev–Trinajstić information content (AvgIpc) is 2.48. The summed E-state index contributed by atoms with van der Waals surface area (Å²) >= 11 is 0. The molecule has 0 aliphatic heterocycles. The second-order valence-electron chi connectivity index (χ2n) is 4.28. The molecular formula is C16H15FN2O. The van der Waals surface area contributed by atoms with Gasteiger partial charge in [0.1, 0.15) is 23.4 Å². The number of hydrogen-bond acceptors (Lipinski definition) is 3. The van der Waals surface area contributed by atoms with Gasteiger partial charge in [-0.05, 0) is 48.5 Å². The van der Waals surface area contributed by atoms with Crippen LogP contribution in [0.4, 0.5) is 4.39 Å². The van der Waals surface area contributed by atoms with Crippen LogP contribution in [0.15, 0.2) is 42.5 Å². The Hall–Kier alpha value is -2.38. The van der Waals surface area contributed by atoms with Crippen molar-refractivity contribution in [1.82, 2.24) is 5.32 Å². The third-order valence-corrected chi connectivity index (χ3v) is 2.78. The van der Waals surface area contributed by atoms with Gasteiger partial charge in [-0.3, -0.25) is 0 Å². The number of rotatable bonds is 5. The van der Waals surface area contributed by atoms with Crippen LogP contribution in [0.2, 0.25) is 0 Å². The summed E-state index contributed by atoms with van der Waals surface area (Å²) in [6.45, 7) is 3.61. The highest BCUT2D eigenvalue weighted by Gasteiger charge is 2.06. The normalized spacial score (nSPS) is 10.1. The minimum Gasteiger partial charge on any atom is -0.456 e. The molecule has 4 heteroatoms. The maximum absolute atomic E-state index is 12.8. The van der Waals surface area contributed by atoms with Gasteiger partial charge in [-0.25, -0.2) is 4.39 Å². The van der Waals surface area contributed by atoms with Gasteiger partial charge >= 0.3 is 0 Å². The molecule has 20 heavy (non-hydrogen) atoms. The van der Waals surface area contributed by atoms with Crippen LogP contribution in [0.5, 0.6) is 11.5 Å². The van der Waals surface area contributed by atoms with Gasteiger partial charge in [0.15, 0.2) is 0 Å². The lowest BCUT2D eigenvalue weighted by atomic mass is 10.1. The molecule has 0 amide bonds. The maximum Gasteiger partial charge on any atom is 0.145 e. The van der Waals surface area contributed by atoms with Crippen molar-refractivity contribution >= 4 is 0 Å². The van der Waals surface area contributed by atoms with Crippen molar-refractivity contribution in [2.45, 2.75) is 13.5 Å². The first-order chi connectivity index (χ1) is 9.72. The second-order valence-corrected chi connectivity index (χ2v) is 4.28. The smallest absolute Gasteiger partial charge is 0.145 e. The van der Waals surface area contributed by atoms with Crippen molar-refractivity contribution in [2.24, 2.45) is 0 Å². The zero-order valence-electron chi connectivity index (χ0n) is 11.2. The van der Waals surface area contributed by atoms with Crippen LogP contribution in [0.25, 0.3) is 0 Å². The van der Waals surface area contributed by atoms with Crippen molar-refractivity contribution < 1.29 is 9.13 Å². The summed E-state index contributed by atoms with van der Waals surface area (Å²) in [5.41, 5.74) is 1.49. The molecule has 0 aromatic heterocycles. The number of halogens is 1. The van der Waals surface area contributed by atoms with Crippen LogP contribution in [0, 0.1) is 17.1 Å². The van der Waals surface area contributed by atoms with E-state index in [4.69, 9.17) is 4.74 Å². The molecule has 0 spiro atoms. The van der Waals surface area contributed by atoms with Gasteiger partial charge in [0.2, 0.25) is 0 Å². The molecule has 0 saturated heterocycles. The monoisotopic (exact) mass is 270 g/mol. The van der Waals surface area contributed by atoms with E-state index in [1.165, 1.54) is 24.3 Å². The van der Waals surface area contributed by atoms with Crippen molar-refractivity contribution in [3.8, 4) is 17.6 Å². The predicted octanol–water partition coefficient (Wildman–Crippen LogP) is 3.60. The summed E-state index contributed by atoms with van der Waals surface area (Å²) in [6.07, 6.45) is 0. The molecule has 1 N–H and O–H groups in total. The van der Waals surface area contributed by atoms with Gasteiger partial charge in [0.05, 0.1) is 5.56 Å². The SMILES string of the molecule is CCNCc1ccc(Oc2ccc(F)cc2)c(C#N)c1. The van der Waals surface area contributed by atoms with Crippen LogP contribution >= 0.6 is 0 Å². The Bertz CT molecular complexity index is 617. The Labute approximate surface area is 117 Å². The molecule has 0 unspecified atom stereocenters. The fourth-order valence-electron chi connectivity index (χ4n) is 1.76.